The number of hydrogen-bond donors (Lipinski definition) is 2. The summed E-state index contributed by atoms with van der Waals surface area (Å²) >= 11 is 0. The molecule has 0 aliphatic carbocycles. The summed E-state index contributed by atoms with van der Waals surface area (Å²) in [4.78, 5) is 11.8. The number of nitrogens with two attached hydrogens (primary N) is 1. The van der Waals surface area contributed by atoms with Gasteiger partial charge in [-0.3, -0.25) is 4.79 Å². The van der Waals surface area contributed by atoms with E-state index in [-0.39, 0.29) is 17.8 Å². The van der Waals surface area contributed by atoms with E-state index < -0.39 is 5.54 Å². The van der Waals surface area contributed by atoms with Crippen molar-refractivity contribution in [2.75, 3.05) is 0 Å². The van der Waals surface area contributed by atoms with Crippen molar-refractivity contribution in [1.82, 2.24) is 5.32 Å². The van der Waals surface area contributed by atoms with Gasteiger partial charge in [-0.2, -0.15) is 0 Å². The molecule has 0 bridgehead atoms. The van der Waals surface area contributed by atoms with Gasteiger partial charge in [0.25, 0.3) is 0 Å². The van der Waals surface area contributed by atoms with Crippen molar-refractivity contribution >= 4 is 5.91 Å². The van der Waals surface area contributed by atoms with Crippen molar-refractivity contribution in [3.05, 3.63) is 35.6 Å². The van der Waals surface area contributed by atoms with Gasteiger partial charge in [-0.15, -0.1) is 0 Å². The maximum atomic E-state index is 13.0. The van der Waals surface area contributed by atoms with E-state index in [1.54, 1.807) is 26.0 Å². The van der Waals surface area contributed by atoms with Gasteiger partial charge in [-0.25, -0.2) is 4.39 Å². The van der Waals surface area contributed by atoms with Gasteiger partial charge in [0.2, 0.25) is 5.91 Å². The van der Waals surface area contributed by atoms with E-state index >= 15 is 0 Å². The molecule has 0 saturated heterocycles. The van der Waals surface area contributed by atoms with Crippen molar-refractivity contribution in [3.63, 3.8) is 0 Å². The quantitative estimate of drug-likeness (QED) is 0.844. The van der Waals surface area contributed by atoms with Gasteiger partial charge in [0.15, 0.2) is 0 Å². The number of rotatable bonds is 4. The molecule has 0 aromatic heterocycles. The lowest BCUT2D eigenvalue weighted by Gasteiger charge is -2.24. The minimum Gasteiger partial charge on any atom is -0.348 e. The molecular formula is C13H19FN2O. The van der Waals surface area contributed by atoms with Crippen LogP contribution >= 0.6 is 0 Å². The van der Waals surface area contributed by atoms with E-state index in [1.165, 1.54) is 12.1 Å². The number of amides is 1. The molecule has 0 heterocycles. The molecule has 1 aromatic carbocycles. The Morgan fingerprint density at radius 1 is 1.59 bits per heavy atom. The molecule has 17 heavy (non-hydrogen) atoms. The first-order valence-electron chi connectivity index (χ1n) is 5.72. The van der Waals surface area contributed by atoms with Crippen LogP contribution in [-0.2, 0) is 4.79 Å². The van der Waals surface area contributed by atoms with Crippen LogP contribution in [0.15, 0.2) is 24.3 Å². The third-order valence-electron chi connectivity index (χ3n) is 2.95. The Morgan fingerprint density at radius 3 is 2.76 bits per heavy atom. The molecule has 3 nitrogen and oxygen atoms in total. The third-order valence-corrected chi connectivity index (χ3v) is 2.95. The fourth-order valence-electron chi connectivity index (χ4n) is 1.38. The second-order valence-electron chi connectivity index (χ2n) is 4.52. The largest absolute Gasteiger partial charge is 0.348 e. The van der Waals surface area contributed by atoms with Gasteiger partial charge >= 0.3 is 0 Å². The van der Waals surface area contributed by atoms with Gasteiger partial charge in [0.1, 0.15) is 5.82 Å². The molecule has 0 spiro atoms. The summed E-state index contributed by atoms with van der Waals surface area (Å²) in [7, 11) is 0. The smallest absolute Gasteiger partial charge is 0.240 e. The van der Waals surface area contributed by atoms with E-state index in [0.29, 0.717) is 6.42 Å². The van der Waals surface area contributed by atoms with Crippen LogP contribution in [0.2, 0.25) is 0 Å². The van der Waals surface area contributed by atoms with E-state index in [4.69, 9.17) is 5.73 Å². The number of benzene rings is 1. The second-order valence-corrected chi connectivity index (χ2v) is 4.52. The van der Waals surface area contributed by atoms with Crippen molar-refractivity contribution in [2.45, 2.75) is 38.8 Å². The molecule has 1 aromatic rings. The van der Waals surface area contributed by atoms with Gasteiger partial charge in [0.05, 0.1) is 11.6 Å². The number of carbonyl (C=O) groups is 1. The first-order valence-corrected chi connectivity index (χ1v) is 5.72. The second kappa shape index (κ2) is 5.27. The molecule has 1 rings (SSSR count). The number of nitrogens with one attached hydrogen (secondary N) is 1. The first kappa shape index (κ1) is 13.6. The number of carbonyl (C=O) groups excluding carboxylic acids is 1. The van der Waals surface area contributed by atoms with Crippen LogP contribution < -0.4 is 11.1 Å². The molecule has 0 radical (unpaired) electrons. The summed E-state index contributed by atoms with van der Waals surface area (Å²) in [6.45, 7) is 5.34. The standard InChI is InChI=1S/C13H19FN2O/c1-4-13(3,15)12(17)16-9(2)10-6-5-7-11(14)8-10/h5-9H,4,15H2,1-3H3,(H,16,17). The SMILES string of the molecule is CCC(C)(N)C(=O)NC(C)c1cccc(F)c1. The van der Waals surface area contributed by atoms with Crippen molar-refractivity contribution in [2.24, 2.45) is 5.73 Å². The Kier molecular flexibility index (Phi) is 4.23. The summed E-state index contributed by atoms with van der Waals surface area (Å²) in [5.41, 5.74) is 5.67. The highest BCUT2D eigenvalue weighted by Gasteiger charge is 2.27. The highest BCUT2D eigenvalue weighted by molar-refractivity contribution is 5.85. The Labute approximate surface area is 101 Å². The van der Waals surface area contributed by atoms with E-state index in [0.717, 1.165) is 5.56 Å². The molecule has 0 saturated carbocycles. The van der Waals surface area contributed by atoms with Gasteiger partial charge in [-0.05, 0) is 38.0 Å². The lowest BCUT2D eigenvalue weighted by Crippen LogP contribution is -2.51. The van der Waals surface area contributed by atoms with Crippen molar-refractivity contribution in [1.29, 1.82) is 0 Å². The molecule has 2 unspecified atom stereocenters. The van der Waals surface area contributed by atoms with Crippen LogP contribution in [0.3, 0.4) is 0 Å². The van der Waals surface area contributed by atoms with Gasteiger partial charge < -0.3 is 11.1 Å². The Hall–Kier alpha value is -1.42. The average Bonchev–Trinajstić information content (AvgIpc) is 2.28. The maximum absolute atomic E-state index is 13.0. The zero-order valence-corrected chi connectivity index (χ0v) is 10.5. The topological polar surface area (TPSA) is 55.1 Å². The number of halogens is 1. The van der Waals surface area contributed by atoms with E-state index in [1.807, 2.05) is 6.92 Å². The molecular weight excluding hydrogens is 219 g/mol. The van der Waals surface area contributed by atoms with Crippen LogP contribution in [0.5, 0.6) is 0 Å². The zero-order valence-electron chi connectivity index (χ0n) is 10.5. The summed E-state index contributed by atoms with van der Waals surface area (Å²) in [6, 6.07) is 5.91. The molecule has 1 amide bonds. The minimum atomic E-state index is -0.887. The Balaban J connectivity index is 2.73. The summed E-state index contributed by atoms with van der Waals surface area (Å²) in [5.74, 6) is -0.536. The maximum Gasteiger partial charge on any atom is 0.240 e. The Morgan fingerprint density at radius 2 is 2.24 bits per heavy atom. The molecule has 4 heteroatoms. The van der Waals surface area contributed by atoms with Crippen LogP contribution in [0.4, 0.5) is 4.39 Å². The van der Waals surface area contributed by atoms with Crippen molar-refractivity contribution in [3.8, 4) is 0 Å². The molecule has 94 valence electrons. The molecule has 0 aliphatic heterocycles. The summed E-state index contributed by atoms with van der Waals surface area (Å²) in [6.07, 6.45) is 0.550. The predicted molar refractivity (Wildman–Crippen MR) is 65.8 cm³/mol. The first-order chi connectivity index (χ1) is 7.86. The summed E-state index contributed by atoms with van der Waals surface area (Å²) in [5, 5.41) is 2.78. The Bertz CT molecular complexity index is 404. The summed E-state index contributed by atoms with van der Waals surface area (Å²) < 4.78 is 13.0. The van der Waals surface area contributed by atoms with Crippen LogP contribution in [0.25, 0.3) is 0 Å². The molecule has 0 fully saturated rings. The zero-order chi connectivity index (χ0) is 13.1. The van der Waals surface area contributed by atoms with E-state index in [9.17, 15) is 9.18 Å². The normalized spacial score (nSPS) is 16.1. The van der Waals surface area contributed by atoms with Crippen LogP contribution in [0, 0.1) is 5.82 Å². The fraction of sp³-hybridized carbons (Fsp3) is 0.462. The lowest BCUT2D eigenvalue weighted by atomic mass is 9.98. The predicted octanol–water partition coefficient (Wildman–Crippen LogP) is 2.13. The van der Waals surface area contributed by atoms with Crippen LogP contribution in [0.1, 0.15) is 38.8 Å². The third kappa shape index (κ3) is 3.53. The van der Waals surface area contributed by atoms with E-state index in [2.05, 4.69) is 5.32 Å². The van der Waals surface area contributed by atoms with Crippen molar-refractivity contribution < 1.29 is 9.18 Å². The molecule has 0 aliphatic rings. The molecule has 3 N–H and O–H groups in total. The highest BCUT2D eigenvalue weighted by atomic mass is 19.1. The average molecular weight is 238 g/mol. The lowest BCUT2D eigenvalue weighted by molar-refractivity contribution is -0.126. The molecule has 2 atom stereocenters. The van der Waals surface area contributed by atoms with Gasteiger partial charge in [-0.1, -0.05) is 19.1 Å². The van der Waals surface area contributed by atoms with Crippen LogP contribution in [-0.4, -0.2) is 11.4 Å². The monoisotopic (exact) mass is 238 g/mol. The minimum absolute atomic E-state index is 0.225. The highest BCUT2D eigenvalue weighted by Crippen LogP contribution is 2.15. The number of hydrogen-bond acceptors (Lipinski definition) is 2. The fourth-order valence-corrected chi connectivity index (χ4v) is 1.38. The van der Waals surface area contributed by atoms with Gasteiger partial charge in [0, 0.05) is 0 Å².